The van der Waals surface area contributed by atoms with Crippen molar-refractivity contribution in [2.45, 2.75) is 78.0 Å². The number of benzene rings is 1. The minimum atomic E-state index is -0.462. The molecule has 0 saturated heterocycles. The second kappa shape index (κ2) is 7.56. The van der Waals surface area contributed by atoms with Crippen LogP contribution in [0.15, 0.2) is 18.2 Å². The van der Waals surface area contributed by atoms with Crippen LogP contribution in [-0.4, -0.2) is 23.8 Å². The van der Waals surface area contributed by atoms with Crippen molar-refractivity contribution in [2.75, 3.05) is 6.54 Å². The van der Waals surface area contributed by atoms with Crippen LogP contribution in [0.1, 0.15) is 63.1 Å². The molecule has 1 fully saturated rings. The molecule has 1 aliphatic carbocycles. The lowest BCUT2D eigenvalue weighted by molar-refractivity contribution is 0.0455. The SMILES string of the molecule is Cc1ccc(CNCC2(NC(=O)OC(C)(C)C)CCCC2)c(C)c1. The van der Waals surface area contributed by atoms with Crippen LogP contribution in [0.25, 0.3) is 0 Å². The lowest BCUT2D eigenvalue weighted by Crippen LogP contribution is -2.53. The lowest BCUT2D eigenvalue weighted by Gasteiger charge is -2.32. The molecular weight excluding hydrogens is 300 g/mol. The summed E-state index contributed by atoms with van der Waals surface area (Å²) < 4.78 is 5.44. The van der Waals surface area contributed by atoms with Crippen molar-refractivity contribution < 1.29 is 9.53 Å². The Morgan fingerprint density at radius 1 is 1.21 bits per heavy atom. The Kier molecular flexibility index (Phi) is 5.92. The maximum absolute atomic E-state index is 12.2. The summed E-state index contributed by atoms with van der Waals surface area (Å²) in [7, 11) is 0. The molecule has 0 atom stereocenters. The Hall–Kier alpha value is -1.55. The largest absolute Gasteiger partial charge is 0.444 e. The molecule has 1 aromatic carbocycles. The first-order valence-electron chi connectivity index (χ1n) is 8.97. The van der Waals surface area contributed by atoms with E-state index in [9.17, 15) is 4.79 Å². The van der Waals surface area contributed by atoms with Gasteiger partial charge in [0.1, 0.15) is 5.60 Å². The van der Waals surface area contributed by atoms with Gasteiger partial charge in [0.15, 0.2) is 0 Å². The number of carbonyl (C=O) groups is 1. The van der Waals surface area contributed by atoms with E-state index in [4.69, 9.17) is 4.74 Å². The highest BCUT2D eigenvalue weighted by atomic mass is 16.6. The molecule has 1 aromatic rings. The predicted molar refractivity (Wildman–Crippen MR) is 98.2 cm³/mol. The summed E-state index contributed by atoms with van der Waals surface area (Å²) in [4.78, 5) is 12.2. The molecule has 0 aliphatic heterocycles. The highest BCUT2D eigenvalue weighted by Gasteiger charge is 2.36. The second-order valence-corrected chi connectivity index (χ2v) is 8.15. The summed E-state index contributed by atoms with van der Waals surface area (Å²) in [6.45, 7) is 11.5. The van der Waals surface area contributed by atoms with Gasteiger partial charge in [-0.05, 0) is 58.6 Å². The van der Waals surface area contributed by atoms with Gasteiger partial charge >= 0.3 is 6.09 Å². The van der Waals surface area contributed by atoms with Gasteiger partial charge in [-0.15, -0.1) is 0 Å². The summed E-state index contributed by atoms with van der Waals surface area (Å²) in [6.07, 6.45) is 4.01. The molecule has 1 aliphatic rings. The number of aryl methyl sites for hydroxylation is 2. The van der Waals surface area contributed by atoms with E-state index in [0.29, 0.717) is 0 Å². The van der Waals surface area contributed by atoms with Gasteiger partial charge in [0.2, 0.25) is 0 Å². The Bertz CT molecular complexity index is 569. The van der Waals surface area contributed by atoms with E-state index in [1.807, 2.05) is 20.8 Å². The molecule has 4 nitrogen and oxygen atoms in total. The van der Waals surface area contributed by atoms with Gasteiger partial charge in [-0.2, -0.15) is 0 Å². The maximum Gasteiger partial charge on any atom is 0.408 e. The van der Waals surface area contributed by atoms with E-state index in [1.165, 1.54) is 16.7 Å². The van der Waals surface area contributed by atoms with E-state index < -0.39 is 5.60 Å². The van der Waals surface area contributed by atoms with Crippen LogP contribution in [0.4, 0.5) is 4.79 Å². The zero-order valence-electron chi connectivity index (χ0n) is 15.8. The van der Waals surface area contributed by atoms with Crippen LogP contribution in [-0.2, 0) is 11.3 Å². The van der Waals surface area contributed by atoms with Gasteiger partial charge < -0.3 is 15.4 Å². The van der Waals surface area contributed by atoms with E-state index in [0.717, 1.165) is 38.8 Å². The van der Waals surface area contributed by atoms with Crippen LogP contribution < -0.4 is 10.6 Å². The number of nitrogens with one attached hydrogen (secondary N) is 2. The highest BCUT2D eigenvalue weighted by Crippen LogP contribution is 2.29. The van der Waals surface area contributed by atoms with Crippen molar-refractivity contribution in [1.29, 1.82) is 0 Å². The number of hydrogen-bond donors (Lipinski definition) is 2. The zero-order chi connectivity index (χ0) is 17.8. The van der Waals surface area contributed by atoms with Gasteiger partial charge in [0.05, 0.1) is 5.54 Å². The number of carbonyl (C=O) groups excluding carboxylic acids is 1. The summed E-state index contributed by atoms with van der Waals surface area (Å²) in [6, 6.07) is 6.54. The number of amides is 1. The number of ether oxygens (including phenoxy) is 1. The van der Waals surface area contributed by atoms with Crippen LogP contribution in [0.3, 0.4) is 0 Å². The fraction of sp³-hybridized carbons (Fsp3) is 0.650. The fourth-order valence-electron chi connectivity index (χ4n) is 3.40. The Balaban J connectivity index is 1.92. The molecule has 0 unspecified atom stereocenters. The second-order valence-electron chi connectivity index (χ2n) is 8.15. The average molecular weight is 332 g/mol. The predicted octanol–water partition coefficient (Wildman–Crippen LogP) is 4.23. The molecule has 24 heavy (non-hydrogen) atoms. The van der Waals surface area contributed by atoms with Crippen LogP contribution in [0.5, 0.6) is 0 Å². The van der Waals surface area contributed by atoms with Crippen molar-refractivity contribution in [3.05, 3.63) is 34.9 Å². The molecule has 0 spiro atoms. The minimum absolute atomic E-state index is 0.180. The van der Waals surface area contributed by atoms with Crippen LogP contribution in [0, 0.1) is 13.8 Å². The van der Waals surface area contributed by atoms with Gasteiger partial charge in [0.25, 0.3) is 0 Å². The molecule has 1 saturated carbocycles. The van der Waals surface area contributed by atoms with Crippen molar-refractivity contribution in [1.82, 2.24) is 10.6 Å². The minimum Gasteiger partial charge on any atom is -0.444 e. The van der Waals surface area contributed by atoms with Crippen molar-refractivity contribution in [3.8, 4) is 0 Å². The summed E-state index contributed by atoms with van der Waals surface area (Å²) in [5.74, 6) is 0. The first kappa shape index (κ1) is 18.8. The smallest absolute Gasteiger partial charge is 0.408 e. The van der Waals surface area contributed by atoms with Gasteiger partial charge in [-0.25, -0.2) is 4.79 Å². The van der Waals surface area contributed by atoms with Crippen molar-refractivity contribution in [3.63, 3.8) is 0 Å². The molecule has 134 valence electrons. The van der Waals surface area contributed by atoms with E-state index >= 15 is 0 Å². The van der Waals surface area contributed by atoms with Crippen LogP contribution in [0.2, 0.25) is 0 Å². The quantitative estimate of drug-likeness (QED) is 0.848. The van der Waals surface area contributed by atoms with E-state index in [2.05, 4.69) is 42.7 Å². The molecule has 1 amide bonds. The van der Waals surface area contributed by atoms with Crippen molar-refractivity contribution in [2.24, 2.45) is 0 Å². The van der Waals surface area contributed by atoms with E-state index in [-0.39, 0.29) is 11.6 Å². The highest BCUT2D eigenvalue weighted by molar-refractivity contribution is 5.69. The molecule has 0 bridgehead atoms. The summed E-state index contributed by atoms with van der Waals surface area (Å²) in [5, 5.41) is 6.68. The lowest BCUT2D eigenvalue weighted by atomic mass is 9.97. The summed E-state index contributed by atoms with van der Waals surface area (Å²) >= 11 is 0. The first-order chi connectivity index (χ1) is 11.2. The molecule has 4 heteroatoms. The van der Waals surface area contributed by atoms with Gasteiger partial charge in [-0.3, -0.25) is 0 Å². The third-order valence-corrected chi connectivity index (χ3v) is 4.60. The molecule has 2 N–H and O–H groups in total. The molecule has 2 rings (SSSR count). The Morgan fingerprint density at radius 2 is 1.88 bits per heavy atom. The monoisotopic (exact) mass is 332 g/mol. The molecule has 0 aromatic heterocycles. The van der Waals surface area contributed by atoms with E-state index in [1.54, 1.807) is 0 Å². The first-order valence-corrected chi connectivity index (χ1v) is 8.97. The standard InChI is InChI=1S/C20H32N2O2/c1-15-8-9-17(16(2)12-15)13-21-14-20(10-6-7-11-20)22-18(23)24-19(3,4)5/h8-9,12,21H,6-7,10-11,13-14H2,1-5H3,(H,22,23). The molecule has 0 heterocycles. The topological polar surface area (TPSA) is 50.4 Å². The normalized spacial score (nSPS) is 16.9. The fourth-order valence-corrected chi connectivity index (χ4v) is 3.40. The van der Waals surface area contributed by atoms with Gasteiger partial charge in [-0.1, -0.05) is 36.6 Å². The average Bonchev–Trinajstić information content (AvgIpc) is 2.87. The maximum atomic E-state index is 12.2. The van der Waals surface area contributed by atoms with Crippen molar-refractivity contribution >= 4 is 6.09 Å². The Labute approximate surface area is 146 Å². The third kappa shape index (κ3) is 5.52. The van der Waals surface area contributed by atoms with Gasteiger partial charge in [0, 0.05) is 13.1 Å². The third-order valence-electron chi connectivity index (χ3n) is 4.60. The summed E-state index contributed by atoms with van der Waals surface area (Å²) in [5.41, 5.74) is 3.27. The number of hydrogen-bond acceptors (Lipinski definition) is 3. The zero-order valence-corrected chi connectivity index (χ0v) is 15.8. The number of rotatable bonds is 5. The molecule has 0 radical (unpaired) electrons. The Morgan fingerprint density at radius 3 is 2.46 bits per heavy atom. The van der Waals surface area contributed by atoms with Crippen LogP contribution >= 0.6 is 0 Å². The number of alkyl carbamates (subject to hydrolysis) is 1. The molecular formula is C20H32N2O2.